The van der Waals surface area contributed by atoms with Crippen molar-refractivity contribution in [3.63, 3.8) is 0 Å². The van der Waals surface area contributed by atoms with E-state index in [4.69, 9.17) is 4.74 Å². The third kappa shape index (κ3) is 4.08. The van der Waals surface area contributed by atoms with Gasteiger partial charge in [-0.15, -0.1) is 22.7 Å². The van der Waals surface area contributed by atoms with Crippen LogP contribution in [0.15, 0.2) is 40.6 Å². The minimum atomic E-state index is -3.57. The summed E-state index contributed by atoms with van der Waals surface area (Å²) in [6, 6.07) is 8.75. The fourth-order valence-electron chi connectivity index (χ4n) is 3.28. The number of sulfonamides is 1. The van der Waals surface area contributed by atoms with Gasteiger partial charge in [0, 0.05) is 20.6 Å². The second-order valence-electron chi connectivity index (χ2n) is 7.20. The first-order valence-electron chi connectivity index (χ1n) is 9.82. The highest BCUT2D eigenvalue weighted by molar-refractivity contribution is 7.89. The van der Waals surface area contributed by atoms with Crippen LogP contribution >= 0.6 is 22.7 Å². The van der Waals surface area contributed by atoms with E-state index in [-0.39, 0.29) is 11.5 Å². The Morgan fingerprint density at radius 2 is 2.00 bits per heavy atom. The number of imidazole rings is 1. The van der Waals surface area contributed by atoms with Gasteiger partial charge in [-0.3, -0.25) is 0 Å². The Labute approximate surface area is 194 Å². The third-order valence-corrected chi connectivity index (χ3v) is 8.93. The van der Waals surface area contributed by atoms with Crippen LogP contribution in [0.1, 0.15) is 28.1 Å². The summed E-state index contributed by atoms with van der Waals surface area (Å²) >= 11 is 2.88. The lowest BCUT2D eigenvalue weighted by atomic mass is 10.3. The van der Waals surface area contributed by atoms with Crippen LogP contribution in [0, 0.1) is 6.92 Å². The number of aryl methyl sites for hydroxylation is 2. The monoisotopic (exact) mass is 490 g/mol. The molecular weight excluding hydrogens is 468 g/mol. The molecule has 0 N–H and O–H groups in total. The lowest BCUT2D eigenvalue weighted by molar-refractivity contribution is 0.0463. The summed E-state index contributed by atoms with van der Waals surface area (Å²) in [5, 5.41) is 2.76. The number of nitrogens with zero attached hydrogens (tertiary/aromatic N) is 4. The third-order valence-electron chi connectivity index (χ3n) is 4.94. The highest BCUT2D eigenvalue weighted by atomic mass is 32.2. The molecule has 168 valence electrons. The minimum absolute atomic E-state index is 0.0250. The molecule has 0 unspecified atom stereocenters. The first-order valence-corrected chi connectivity index (χ1v) is 13.0. The fourth-order valence-corrected chi connectivity index (χ4v) is 5.96. The molecule has 0 aliphatic heterocycles. The van der Waals surface area contributed by atoms with E-state index in [0.29, 0.717) is 28.5 Å². The number of carbonyl (C=O) groups is 1. The maximum atomic E-state index is 12.7. The van der Waals surface area contributed by atoms with Crippen LogP contribution in [0.25, 0.3) is 20.9 Å². The molecule has 0 aliphatic carbocycles. The van der Waals surface area contributed by atoms with Gasteiger partial charge in [-0.1, -0.05) is 6.07 Å². The summed E-state index contributed by atoms with van der Waals surface area (Å²) in [5.41, 5.74) is 1.95. The molecule has 1 aromatic carbocycles. The van der Waals surface area contributed by atoms with Gasteiger partial charge in [-0.2, -0.15) is 0 Å². The Morgan fingerprint density at radius 3 is 2.66 bits per heavy atom. The molecule has 0 aliphatic rings. The molecule has 32 heavy (non-hydrogen) atoms. The molecular formula is C21H22N4O4S3. The largest absolute Gasteiger partial charge is 0.453 e. The van der Waals surface area contributed by atoms with E-state index in [1.807, 2.05) is 29.0 Å². The smallest absolute Gasteiger partial charge is 0.350 e. The van der Waals surface area contributed by atoms with Crippen LogP contribution < -0.4 is 0 Å². The summed E-state index contributed by atoms with van der Waals surface area (Å²) < 4.78 is 33.5. The first-order chi connectivity index (χ1) is 15.2. The molecule has 4 rings (SSSR count). The number of rotatable bonds is 7. The van der Waals surface area contributed by atoms with Crippen molar-refractivity contribution in [2.75, 3.05) is 14.1 Å². The van der Waals surface area contributed by atoms with Gasteiger partial charge >= 0.3 is 5.97 Å². The van der Waals surface area contributed by atoms with Gasteiger partial charge in [0.1, 0.15) is 22.3 Å². The second kappa shape index (κ2) is 8.74. The van der Waals surface area contributed by atoms with E-state index >= 15 is 0 Å². The molecule has 0 bridgehead atoms. The van der Waals surface area contributed by atoms with Crippen molar-refractivity contribution in [2.24, 2.45) is 0 Å². The number of esters is 1. The molecule has 0 saturated heterocycles. The number of thiazole rings is 1. The SMILES string of the molecule is CCn1c(COC(=O)c2sc(-c3cccs3)nc2C)nc2cc(S(=O)(=O)N(C)C)ccc21. The van der Waals surface area contributed by atoms with Crippen LogP contribution in [-0.2, 0) is 27.9 Å². The Hall–Kier alpha value is -2.60. The number of carbonyl (C=O) groups excluding carboxylic acids is 1. The lowest BCUT2D eigenvalue weighted by Crippen LogP contribution is -2.22. The number of fused-ring (bicyclic) bond motifs is 1. The fraction of sp³-hybridized carbons (Fsp3) is 0.286. The van der Waals surface area contributed by atoms with Crippen LogP contribution in [0.5, 0.6) is 0 Å². The Balaban J connectivity index is 1.58. The molecule has 8 nitrogen and oxygen atoms in total. The number of benzene rings is 1. The number of thiophene rings is 1. The topological polar surface area (TPSA) is 94.4 Å². The molecule has 3 aromatic heterocycles. The average Bonchev–Trinajstić information content (AvgIpc) is 3.49. The van der Waals surface area contributed by atoms with Gasteiger partial charge in [0.2, 0.25) is 10.0 Å². The van der Waals surface area contributed by atoms with E-state index < -0.39 is 16.0 Å². The van der Waals surface area contributed by atoms with Crippen molar-refractivity contribution in [1.29, 1.82) is 0 Å². The van der Waals surface area contributed by atoms with Crippen molar-refractivity contribution >= 4 is 49.7 Å². The lowest BCUT2D eigenvalue weighted by Gasteiger charge is -2.11. The quantitative estimate of drug-likeness (QED) is 0.361. The van der Waals surface area contributed by atoms with E-state index in [1.165, 1.54) is 25.4 Å². The van der Waals surface area contributed by atoms with Gasteiger partial charge in [0.25, 0.3) is 0 Å². The van der Waals surface area contributed by atoms with Crippen LogP contribution in [0.3, 0.4) is 0 Å². The summed E-state index contributed by atoms with van der Waals surface area (Å²) in [6.07, 6.45) is 0. The van der Waals surface area contributed by atoms with Crippen molar-refractivity contribution < 1.29 is 17.9 Å². The molecule has 0 fully saturated rings. The maximum Gasteiger partial charge on any atom is 0.350 e. The normalized spacial score (nSPS) is 12.0. The molecule has 0 amide bonds. The molecule has 0 radical (unpaired) electrons. The predicted octanol–water partition coefficient (Wildman–Crippen LogP) is 4.16. The minimum Gasteiger partial charge on any atom is -0.453 e. The van der Waals surface area contributed by atoms with Crippen molar-refractivity contribution in [3.8, 4) is 9.88 Å². The van der Waals surface area contributed by atoms with E-state index in [2.05, 4.69) is 9.97 Å². The first kappa shape index (κ1) is 22.6. The molecule has 11 heteroatoms. The van der Waals surface area contributed by atoms with Crippen LogP contribution in [0.4, 0.5) is 0 Å². The van der Waals surface area contributed by atoms with Gasteiger partial charge in [-0.25, -0.2) is 27.5 Å². The van der Waals surface area contributed by atoms with Crippen molar-refractivity contribution in [3.05, 3.63) is 52.1 Å². The van der Waals surface area contributed by atoms with E-state index in [0.717, 1.165) is 19.7 Å². The number of aromatic nitrogens is 3. The van der Waals surface area contributed by atoms with Gasteiger partial charge in [0.15, 0.2) is 0 Å². The maximum absolute atomic E-state index is 12.7. The Morgan fingerprint density at radius 1 is 1.22 bits per heavy atom. The standard InChI is InChI=1S/C21H22N4O4S3/c1-5-25-16-9-8-14(32(27,28)24(3)4)11-15(16)23-18(25)12-29-21(26)19-13(2)22-20(31-19)17-7-6-10-30-17/h6-11H,5,12H2,1-4H3. The average molecular weight is 491 g/mol. The molecule has 3 heterocycles. The van der Waals surface area contributed by atoms with Crippen molar-refractivity contribution in [1.82, 2.24) is 18.8 Å². The van der Waals surface area contributed by atoms with Gasteiger partial charge < -0.3 is 9.30 Å². The number of ether oxygens (including phenoxy) is 1. The highest BCUT2D eigenvalue weighted by Gasteiger charge is 2.21. The number of hydrogen-bond donors (Lipinski definition) is 0. The van der Waals surface area contributed by atoms with Crippen LogP contribution in [0.2, 0.25) is 0 Å². The van der Waals surface area contributed by atoms with E-state index in [1.54, 1.807) is 36.5 Å². The highest BCUT2D eigenvalue weighted by Crippen LogP contribution is 2.31. The Kier molecular flexibility index (Phi) is 6.17. The predicted molar refractivity (Wildman–Crippen MR) is 126 cm³/mol. The zero-order chi connectivity index (χ0) is 23.0. The van der Waals surface area contributed by atoms with Crippen LogP contribution in [-0.4, -0.2) is 47.3 Å². The molecule has 4 aromatic rings. The summed E-state index contributed by atoms with van der Waals surface area (Å²) in [5.74, 6) is 0.101. The molecule has 0 saturated carbocycles. The number of hydrogen-bond acceptors (Lipinski definition) is 8. The zero-order valence-corrected chi connectivity index (χ0v) is 20.5. The van der Waals surface area contributed by atoms with E-state index in [9.17, 15) is 13.2 Å². The van der Waals surface area contributed by atoms with Gasteiger partial charge in [-0.05, 0) is 43.5 Å². The Bertz CT molecular complexity index is 1390. The molecule has 0 atom stereocenters. The van der Waals surface area contributed by atoms with Gasteiger partial charge in [0.05, 0.1) is 26.5 Å². The summed E-state index contributed by atoms with van der Waals surface area (Å²) in [7, 11) is -0.595. The summed E-state index contributed by atoms with van der Waals surface area (Å²) in [4.78, 5) is 23.4. The summed E-state index contributed by atoms with van der Waals surface area (Å²) in [6.45, 7) is 4.32. The van der Waals surface area contributed by atoms with Crippen molar-refractivity contribution in [2.45, 2.75) is 31.9 Å². The second-order valence-corrected chi connectivity index (χ2v) is 11.3. The molecule has 0 spiro atoms. The zero-order valence-electron chi connectivity index (χ0n) is 18.0.